The monoisotopic (exact) mass is 377 g/mol. The minimum atomic E-state index is -0.184. The number of anilines is 2. The Bertz CT molecular complexity index is 870. The summed E-state index contributed by atoms with van der Waals surface area (Å²) in [5, 5.41) is 5.78. The molecule has 0 bridgehead atoms. The van der Waals surface area contributed by atoms with Crippen molar-refractivity contribution in [2.45, 2.75) is 33.7 Å². The Morgan fingerprint density at radius 2 is 1.75 bits per heavy atom. The Morgan fingerprint density at radius 1 is 1.07 bits per heavy atom. The molecule has 0 radical (unpaired) electrons. The molecule has 0 unspecified atom stereocenters. The zero-order chi connectivity index (χ0) is 20.1. The van der Waals surface area contributed by atoms with E-state index in [4.69, 9.17) is 4.74 Å². The summed E-state index contributed by atoms with van der Waals surface area (Å²) in [5.74, 6) is 0.175. The third kappa shape index (κ3) is 4.09. The Balaban J connectivity index is 1.90. The van der Waals surface area contributed by atoms with E-state index in [1.807, 2.05) is 55.5 Å². The maximum Gasteiger partial charge on any atom is 0.284 e. The number of hydrogen-bond donors (Lipinski definition) is 0. The van der Waals surface area contributed by atoms with E-state index in [0.29, 0.717) is 24.1 Å². The van der Waals surface area contributed by atoms with Gasteiger partial charge in [0.25, 0.3) is 5.91 Å². The van der Waals surface area contributed by atoms with Crippen LogP contribution in [0.3, 0.4) is 0 Å². The second-order valence-electron chi connectivity index (χ2n) is 6.82. The summed E-state index contributed by atoms with van der Waals surface area (Å²) in [4.78, 5) is 15.3. The standard InChI is InChI=1S/C23H27N3O2/c1-5-25(17(3)4)19-14-12-18(13-15-19)16-21-22(28-6-2)24-26(23(21)27)20-10-8-7-9-11-20/h7-17H,5-6H2,1-4H3/b21-16+. The van der Waals surface area contributed by atoms with Crippen LogP contribution in [0.4, 0.5) is 11.4 Å². The highest BCUT2D eigenvalue weighted by Crippen LogP contribution is 2.26. The fourth-order valence-corrected chi connectivity index (χ4v) is 3.28. The summed E-state index contributed by atoms with van der Waals surface area (Å²) in [6, 6.07) is 18.0. The molecule has 1 aliphatic heterocycles. The first-order valence-corrected chi connectivity index (χ1v) is 9.74. The predicted octanol–water partition coefficient (Wildman–Crippen LogP) is 4.70. The van der Waals surface area contributed by atoms with Crippen LogP contribution >= 0.6 is 0 Å². The number of para-hydroxylation sites is 1. The number of carbonyl (C=O) groups excluding carboxylic acids is 1. The molecule has 3 rings (SSSR count). The lowest BCUT2D eigenvalue weighted by Gasteiger charge is -2.27. The number of benzene rings is 2. The van der Waals surface area contributed by atoms with Gasteiger partial charge in [-0.15, -0.1) is 5.10 Å². The van der Waals surface area contributed by atoms with E-state index in [2.05, 4.69) is 42.9 Å². The van der Waals surface area contributed by atoms with Gasteiger partial charge < -0.3 is 9.64 Å². The normalized spacial score (nSPS) is 15.3. The minimum Gasteiger partial charge on any atom is -0.476 e. The second kappa shape index (κ2) is 8.74. The van der Waals surface area contributed by atoms with Crippen LogP contribution in [0.15, 0.2) is 65.3 Å². The molecule has 0 atom stereocenters. The summed E-state index contributed by atoms with van der Waals surface area (Å²) in [6.45, 7) is 9.79. The average Bonchev–Trinajstić information content (AvgIpc) is 3.00. The highest BCUT2D eigenvalue weighted by Gasteiger charge is 2.32. The van der Waals surface area contributed by atoms with Gasteiger partial charge in [-0.1, -0.05) is 30.3 Å². The molecule has 5 nitrogen and oxygen atoms in total. The molecule has 0 aliphatic carbocycles. The van der Waals surface area contributed by atoms with E-state index in [9.17, 15) is 4.79 Å². The summed E-state index contributed by atoms with van der Waals surface area (Å²) >= 11 is 0. The third-order valence-corrected chi connectivity index (χ3v) is 4.63. The highest BCUT2D eigenvalue weighted by molar-refractivity contribution is 6.30. The van der Waals surface area contributed by atoms with Crippen LogP contribution in [0, 0.1) is 0 Å². The molecule has 28 heavy (non-hydrogen) atoms. The minimum absolute atomic E-state index is 0.184. The maximum absolute atomic E-state index is 13.0. The molecule has 1 amide bonds. The second-order valence-corrected chi connectivity index (χ2v) is 6.82. The number of ether oxygens (including phenoxy) is 1. The molecule has 0 N–H and O–H groups in total. The fraction of sp³-hybridized carbons (Fsp3) is 0.304. The van der Waals surface area contributed by atoms with Crippen molar-refractivity contribution in [2.24, 2.45) is 5.10 Å². The first-order valence-electron chi connectivity index (χ1n) is 9.74. The Labute approximate surface area is 166 Å². The Kier molecular flexibility index (Phi) is 6.14. The molecule has 2 aromatic rings. The van der Waals surface area contributed by atoms with Gasteiger partial charge in [-0.05, 0) is 63.6 Å². The first-order chi connectivity index (χ1) is 13.5. The van der Waals surface area contributed by atoms with Crippen molar-refractivity contribution in [3.05, 3.63) is 65.7 Å². The zero-order valence-electron chi connectivity index (χ0n) is 16.9. The summed E-state index contributed by atoms with van der Waals surface area (Å²) in [6.07, 6.45) is 1.84. The summed E-state index contributed by atoms with van der Waals surface area (Å²) in [5.41, 5.74) is 3.30. The van der Waals surface area contributed by atoms with Gasteiger partial charge in [0.1, 0.15) is 5.57 Å². The maximum atomic E-state index is 13.0. The largest absolute Gasteiger partial charge is 0.476 e. The number of carbonyl (C=O) groups is 1. The van der Waals surface area contributed by atoms with Crippen molar-refractivity contribution in [2.75, 3.05) is 23.1 Å². The lowest BCUT2D eigenvalue weighted by atomic mass is 10.1. The number of hydrazone groups is 1. The molecule has 5 heteroatoms. The quantitative estimate of drug-likeness (QED) is 0.686. The SMILES string of the molecule is CCOC1=NN(c2ccccc2)C(=O)/C1=C/c1ccc(N(CC)C(C)C)cc1. The van der Waals surface area contributed by atoms with Gasteiger partial charge in [-0.3, -0.25) is 4.79 Å². The van der Waals surface area contributed by atoms with Crippen molar-refractivity contribution in [3.8, 4) is 0 Å². The molecular weight excluding hydrogens is 350 g/mol. The van der Waals surface area contributed by atoms with Crippen LogP contribution in [0.25, 0.3) is 6.08 Å². The van der Waals surface area contributed by atoms with Crippen molar-refractivity contribution in [1.82, 2.24) is 0 Å². The van der Waals surface area contributed by atoms with E-state index in [1.54, 1.807) is 0 Å². The van der Waals surface area contributed by atoms with Gasteiger partial charge in [0.2, 0.25) is 5.90 Å². The number of rotatable bonds is 6. The first kappa shape index (κ1) is 19.7. The fourth-order valence-electron chi connectivity index (χ4n) is 3.28. The smallest absolute Gasteiger partial charge is 0.284 e. The van der Waals surface area contributed by atoms with Crippen LogP contribution < -0.4 is 9.91 Å². The van der Waals surface area contributed by atoms with Crippen molar-refractivity contribution < 1.29 is 9.53 Å². The van der Waals surface area contributed by atoms with E-state index >= 15 is 0 Å². The lowest BCUT2D eigenvalue weighted by Crippen LogP contribution is -2.30. The van der Waals surface area contributed by atoms with Crippen molar-refractivity contribution >= 4 is 29.3 Å². The average molecular weight is 377 g/mol. The van der Waals surface area contributed by atoms with Gasteiger partial charge >= 0.3 is 0 Å². The van der Waals surface area contributed by atoms with Crippen LogP contribution in [0.2, 0.25) is 0 Å². The molecule has 0 fully saturated rings. The molecule has 2 aromatic carbocycles. The molecule has 1 aliphatic rings. The predicted molar refractivity (Wildman–Crippen MR) is 116 cm³/mol. The van der Waals surface area contributed by atoms with Crippen LogP contribution in [-0.4, -0.2) is 31.0 Å². The van der Waals surface area contributed by atoms with E-state index < -0.39 is 0 Å². The van der Waals surface area contributed by atoms with Crippen LogP contribution in [0.1, 0.15) is 33.3 Å². The zero-order valence-corrected chi connectivity index (χ0v) is 16.9. The van der Waals surface area contributed by atoms with E-state index in [1.165, 1.54) is 10.7 Å². The lowest BCUT2D eigenvalue weighted by molar-refractivity contribution is -0.114. The third-order valence-electron chi connectivity index (χ3n) is 4.63. The number of nitrogens with zero attached hydrogens (tertiary/aromatic N) is 3. The van der Waals surface area contributed by atoms with Gasteiger partial charge in [0.15, 0.2) is 0 Å². The number of amides is 1. The number of hydrogen-bond acceptors (Lipinski definition) is 4. The van der Waals surface area contributed by atoms with Gasteiger partial charge in [-0.25, -0.2) is 0 Å². The topological polar surface area (TPSA) is 45.1 Å². The summed E-state index contributed by atoms with van der Waals surface area (Å²) in [7, 11) is 0. The molecule has 0 saturated heterocycles. The molecule has 0 spiro atoms. The molecular formula is C23H27N3O2. The molecule has 0 saturated carbocycles. The highest BCUT2D eigenvalue weighted by atomic mass is 16.5. The van der Waals surface area contributed by atoms with Gasteiger partial charge in [0.05, 0.1) is 12.3 Å². The molecule has 0 aromatic heterocycles. The summed E-state index contributed by atoms with van der Waals surface area (Å²) < 4.78 is 5.63. The van der Waals surface area contributed by atoms with E-state index in [-0.39, 0.29) is 5.91 Å². The van der Waals surface area contributed by atoms with Crippen molar-refractivity contribution in [3.63, 3.8) is 0 Å². The molecule has 146 valence electrons. The van der Waals surface area contributed by atoms with Crippen LogP contribution in [0.5, 0.6) is 0 Å². The van der Waals surface area contributed by atoms with Gasteiger partial charge in [0, 0.05) is 18.3 Å². The Hall–Kier alpha value is -3.08. The van der Waals surface area contributed by atoms with Gasteiger partial charge in [-0.2, -0.15) is 5.01 Å². The van der Waals surface area contributed by atoms with Crippen LogP contribution in [-0.2, 0) is 9.53 Å². The van der Waals surface area contributed by atoms with E-state index in [0.717, 1.165) is 17.8 Å². The van der Waals surface area contributed by atoms with Crippen molar-refractivity contribution in [1.29, 1.82) is 0 Å². The molecule has 1 heterocycles. The Morgan fingerprint density at radius 3 is 2.32 bits per heavy atom.